The maximum absolute atomic E-state index is 11.5. The van der Waals surface area contributed by atoms with Crippen LogP contribution >= 0.6 is 0 Å². The SMILES string of the molecule is C=CC(=O)OC(COC(=O)C(=C)C)(OC)C(C)OCC. The maximum Gasteiger partial charge on any atom is 0.333 e. The number of methoxy groups -OCH3 is 1. The van der Waals surface area contributed by atoms with Crippen molar-refractivity contribution in [3.05, 3.63) is 24.8 Å². The predicted molar refractivity (Wildman–Crippen MR) is 72.9 cm³/mol. The second-order valence-electron chi connectivity index (χ2n) is 4.10. The number of rotatable bonds is 9. The van der Waals surface area contributed by atoms with Crippen molar-refractivity contribution in [2.75, 3.05) is 20.3 Å². The molecule has 0 saturated carbocycles. The summed E-state index contributed by atoms with van der Waals surface area (Å²) in [5, 5.41) is 0. The molecule has 2 unspecified atom stereocenters. The van der Waals surface area contributed by atoms with E-state index in [1.807, 2.05) is 0 Å². The summed E-state index contributed by atoms with van der Waals surface area (Å²) in [5.41, 5.74) is 0.231. The van der Waals surface area contributed by atoms with E-state index >= 15 is 0 Å². The molecule has 0 radical (unpaired) electrons. The van der Waals surface area contributed by atoms with Gasteiger partial charge in [0.25, 0.3) is 5.79 Å². The van der Waals surface area contributed by atoms with Gasteiger partial charge in [-0.3, -0.25) is 0 Å². The van der Waals surface area contributed by atoms with Crippen LogP contribution in [0.25, 0.3) is 0 Å². The summed E-state index contributed by atoms with van der Waals surface area (Å²) >= 11 is 0. The third kappa shape index (κ3) is 5.14. The summed E-state index contributed by atoms with van der Waals surface area (Å²) in [7, 11) is 1.33. The van der Waals surface area contributed by atoms with E-state index in [1.54, 1.807) is 13.8 Å². The largest absolute Gasteiger partial charge is 0.455 e. The molecule has 0 fully saturated rings. The van der Waals surface area contributed by atoms with Crippen LogP contribution in [0, 0.1) is 0 Å². The Morgan fingerprint density at radius 1 is 1.40 bits per heavy atom. The topological polar surface area (TPSA) is 71.1 Å². The van der Waals surface area contributed by atoms with E-state index in [-0.39, 0.29) is 12.2 Å². The molecule has 0 N–H and O–H groups in total. The predicted octanol–water partition coefficient (Wildman–Crippen LogP) is 1.60. The Morgan fingerprint density at radius 3 is 2.40 bits per heavy atom. The smallest absolute Gasteiger partial charge is 0.333 e. The Morgan fingerprint density at radius 2 is 2.00 bits per heavy atom. The van der Waals surface area contributed by atoms with Crippen molar-refractivity contribution >= 4 is 11.9 Å². The van der Waals surface area contributed by atoms with Gasteiger partial charge in [0.05, 0.1) is 0 Å². The first-order chi connectivity index (χ1) is 9.32. The molecule has 0 spiro atoms. The number of ether oxygens (including phenoxy) is 4. The Labute approximate surface area is 119 Å². The molecular weight excluding hydrogens is 264 g/mol. The van der Waals surface area contributed by atoms with E-state index in [2.05, 4.69) is 13.2 Å². The van der Waals surface area contributed by atoms with Crippen LogP contribution in [-0.4, -0.2) is 44.2 Å². The summed E-state index contributed by atoms with van der Waals surface area (Å²) in [6.45, 7) is 11.8. The average Bonchev–Trinajstić information content (AvgIpc) is 2.42. The van der Waals surface area contributed by atoms with Crippen LogP contribution < -0.4 is 0 Å². The number of hydrogen-bond donors (Lipinski definition) is 0. The highest BCUT2D eigenvalue weighted by Crippen LogP contribution is 2.22. The fourth-order valence-electron chi connectivity index (χ4n) is 1.37. The Hall–Kier alpha value is -1.66. The van der Waals surface area contributed by atoms with E-state index in [0.717, 1.165) is 6.08 Å². The van der Waals surface area contributed by atoms with Gasteiger partial charge in [0, 0.05) is 25.4 Å². The van der Waals surface area contributed by atoms with Gasteiger partial charge < -0.3 is 18.9 Å². The molecule has 0 aromatic carbocycles. The zero-order valence-corrected chi connectivity index (χ0v) is 12.4. The first-order valence-corrected chi connectivity index (χ1v) is 6.17. The van der Waals surface area contributed by atoms with Gasteiger partial charge in [-0.1, -0.05) is 13.2 Å². The minimum Gasteiger partial charge on any atom is -0.455 e. The molecule has 0 aliphatic rings. The van der Waals surface area contributed by atoms with Crippen molar-refractivity contribution in [1.29, 1.82) is 0 Å². The first kappa shape index (κ1) is 18.3. The third-order valence-corrected chi connectivity index (χ3v) is 2.57. The van der Waals surface area contributed by atoms with E-state index in [4.69, 9.17) is 18.9 Å². The van der Waals surface area contributed by atoms with Gasteiger partial charge in [0.2, 0.25) is 0 Å². The molecule has 0 bridgehead atoms. The van der Waals surface area contributed by atoms with Crippen LogP contribution in [0.1, 0.15) is 20.8 Å². The van der Waals surface area contributed by atoms with Crippen LogP contribution in [0.15, 0.2) is 24.8 Å². The number of carbonyl (C=O) groups excluding carboxylic acids is 2. The average molecular weight is 286 g/mol. The van der Waals surface area contributed by atoms with Gasteiger partial charge in [-0.2, -0.15) is 0 Å². The highest BCUT2D eigenvalue weighted by molar-refractivity contribution is 5.87. The lowest BCUT2D eigenvalue weighted by molar-refractivity contribution is -0.277. The summed E-state index contributed by atoms with van der Waals surface area (Å²) < 4.78 is 20.8. The first-order valence-electron chi connectivity index (χ1n) is 6.17. The van der Waals surface area contributed by atoms with Gasteiger partial charge in [-0.05, 0) is 20.8 Å². The standard InChI is InChI=1S/C14H22O6/c1-7-12(15)20-14(17-6,11(5)18-8-2)9-19-13(16)10(3)4/h7,11H,1,3,8-9H2,2,4-6H3. The maximum atomic E-state index is 11.5. The summed E-state index contributed by atoms with van der Waals surface area (Å²) in [6, 6.07) is 0. The number of esters is 2. The minimum atomic E-state index is -1.54. The molecule has 0 aliphatic carbocycles. The van der Waals surface area contributed by atoms with Crippen molar-refractivity contribution in [2.24, 2.45) is 0 Å². The molecule has 0 aromatic heterocycles. The molecule has 0 rings (SSSR count). The van der Waals surface area contributed by atoms with Crippen LogP contribution in [0.2, 0.25) is 0 Å². The minimum absolute atomic E-state index is 0.231. The van der Waals surface area contributed by atoms with Crippen molar-refractivity contribution in [3.8, 4) is 0 Å². The highest BCUT2D eigenvalue weighted by Gasteiger charge is 2.43. The third-order valence-electron chi connectivity index (χ3n) is 2.57. The summed E-state index contributed by atoms with van der Waals surface area (Å²) in [5.74, 6) is -2.85. The Balaban J connectivity index is 5.08. The fraction of sp³-hybridized carbons (Fsp3) is 0.571. The molecule has 0 amide bonds. The van der Waals surface area contributed by atoms with Crippen molar-refractivity contribution in [2.45, 2.75) is 32.7 Å². The monoisotopic (exact) mass is 286 g/mol. The van der Waals surface area contributed by atoms with Gasteiger partial charge in [0.15, 0.2) is 6.61 Å². The quantitative estimate of drug-likeness (QED) is 0.364. The van der Waals surface area contributed by atoms with Gasteiger partial charge in [-0.25, -0.2) is 9.59 Å². The lowest BCUT2D eigenvalue weighted by atomic mass is 10.1. The second kappa shape index (κ2) is 8.50. The van der Waals surface area contributed by atoms with E-state index < -0.39 is 23.8 Å². The molecule has 6 heteroatoms. The normalized spacial score (nSPS) is 14.8. The van der Waals surface area contributed by atoms with Crippen LogP contribution in [0.4, 0.5) is 0 Å². The van der Waals surface area contributed by atoms with Gasteiger partial charge in [-0.15, -0.1) is 0 Å². The van der Waals surface area contributed by atoms with E-state index in [1.165, 1.54) is 14.0 Å². The zero-order valence-electron chi connectivity index (χ0n) is 12.4. The van der Waals surface area contributed by atoms with E-state index in [9.17, 15) is 9.59 Å². The second-order valence-corrected chi connectivity index (χ2v) is 4.10. The molecule has 20 heavy (non-hydrogen) atoms. The fourth-order valence-corrected chi connectivity index (χ4v) is 1.37. The van der Waals surface area contributed by atoms with Crippen LogP contribution in [0.3, 0.4) is 0 Å². The van der Waals surface area contributed by atoms with E-state index in [0.29, 0.717) is 6.61 Å². The Bertz CT molecular complexity index is 376. The molecule has 0 aromatic rings. The summed E-state index contributed by atoms with van der Waals surface area (Å²) in [4.78, 5) is 22.9. The molecule has 0 aliphatic heterocycles. The van der Waals surface area contributed by atoms with Crippen LogP contribution in [-0.2, 0) is 28.5 Å². The molecular formula is C14H22O6. The molecule has 2 atom stereocenters. The van der Waals surface area contributed by atoms with Gasteiger partial charge >= 0.3 is 11.9 Å². The summed E-state index contributed by atoms with van der Waals surface area (Å²) in [6.07, 6.45) is 0.354. The van der Waals surface area contributed by atoms with Crippen molar-refractivity contribution in [1.82, 2.24) is 0 Å². The molecule has 114 valence electrons. The lowest BCUT2D eigenvalue weighted by Crippen LogP contribution is -2.52. The molecule has 0 saturated heterocycles. The molecule has 0 heterocycles. The molecule has 6 nitrogen and oxygen atoms in total. The van der Waals surface area contributed by atoms with Crippen molar-refractivity contribution < 1.29 is 28.5 Å². The highest BCUT2D eigenvalue weighted by atomic mass is 16.7. The Kier molecular flexibility index (Phi) is 7.79. The number of carbonyl (C=O) groups is 2. The zero-order chi connectivity index (χ0) is 15.8. The number of hydrogen-bond acceptors (Lipinski definition) is 6. The van der Waals surface area contributed by atoms with Crippen molar-refractivity contribution in [3.63, 3.8) is 0 Å². The van der Waals surface area contributed by atoms with Gasteiger partial charge in [0.1, 0.15) is 6.10 Å². The van der Waals surface area contributed by atoms with Crippen LogP contribution in [0.5, 0.6) is 0 Å². The lowest BCUT2D eigenvalue weighted by Gasteiger charge is -2.35.